The smallest absolute Gasteiger partial charge is 0.244 e. The molecule has 1 aliphatic heterocycles. The van der Waals surface area contributed by atoms with Gasteiger partial charge in [0.25, 0.3) is 0 Å². The minimum Gasteiger partial charge on any atom is -0.405 e. The van der Waals surface area contributed by atoms with Gasteiger partial charge in [-0.05, 0) is 31.2 Å². The van der Waals surface area contributed by atoms with Crippen molar-refractivity contribution in [3.63, 3.8) is 0 Å². The van der Waals surface area contributed by atoms with Crippen LogP contribution in [0.15, 0.2) is 36.7 Å². The van der Waals surface area contributed by atoms with E-state index >= 15 is 0 Å². The summed E-state index contributed by atoms with van der Waals surface area (Å²) in [5.41, 5.74) is 13.7. The molecule has 0 unspecified atom stereocenters. The number of hydrogen-bond acceptors (Lipinski definition) is 6. The Morgan fingerprint density at radius 1 is 1.26 bits per heavy atom. The fourth-order valence-electron chi connectivity index (χ4n) is 3.49. The number of rotatable bonds is 4. The topological polar surface area (TPSA) is 127 Å². The largest absolute Gasteiger partial charge is 0.405 e. The van der Waals surface area contributed by atoms with E-state index in [9.17, 15) is 4.79 Å². The molecule has 138 valence electrons. The zero-order valence-electron chi connectivity index (χ0n) is 14.9. The average molecular weight is 363 g/mol. The lowest BCUT2D eigenvalue weighted by Gasteiger charge is -2.14. The Morgan fingerprint density at radius 2 is 2.04 bits per heavy atom. The second kappa shape index (κ2) is 6.71. The molecule has 0 atom stereocenters. The van der Waals surface area contributed by atoms with Gasteiger partial charge in [-0.2, -0.15) is 5.10 Å². The first-order valence-electron chi connectivity index (χ1n) is 8.88. The number of nitrogen functional groups attached to an aromatic ring is 1. The summed E-state index contributed by atoms with van der Waals surface area (Å²) in [5, 5.41) is 14.2. The number of nitrogens with one attached hydrogen (secondary N) is 1. The number of carbonyl (C=O) groups excluding carboxylic acids is 1. The molecule has 1 aromatic carbocycles. The van der Waals surface area contributed by atoms with Crippen molar-refractivity contribution in [2.45, 2.75) is 19.4 Å². The van der Waals surface area contributed by atoms with Crippen LogP contribution in [0.25, 0.3) is 21.8 Å². The van der Waals surface area contributed by atoms with E-state index in [1.54, 1.807) is 10.7 Å². The number of pyridine rings is 1. The Hall–Kier alpha value is -3.42. The van der Waals surface area contributed by atoms with Crippen LogP contribution in [0.3, 0.4) is 0 Å². The van der Waals surface area contributed by atoms with Gasteiger partial charge in [-0.3, -0.25) is 9.48 Å². The van der Waals surface area contributed by atoms with Gasteiger partial charge in [-0.1, -0.05) is 12.1 Å². The molecule has 1 amide bonds. The maximum absolute atomic E-state index is 12.4. The number of nitrogens with zero attached hydrogens (tertiary/aromatic N) is 4. The van der Waals surface area contributed by atoms with Crippen LogP contribution in [0.5, 0.6) is 0 Å². The Balaban J connectivity index is 1.73. The third-order valence-electron chi connectivity index (χ3n) is 4.86. The van der Waals surface area contributed by atoms with E-state index in [1.807, 2.05) is 23.2 Å². The van der Waals surface area contributed by atoms with Crippen molar-refractivity contribution in [3.8, 4) is 0 Å². The average Bonchev–Trinajstić information content (AvgIpc) is 3.31. The fourth-order valence-corrected chi connectivity index (χ4v) is 3.49. The Kier molecular flexibility index (Phi) is 4.23. The second-order valence-corrected chi connectivity index (χ2v) is 6.68. The van der Waals surface area contributed by atoms with Crippen molar-refractivity contribution in [2.75, 3.05) is 18.8 Å². The van der Waals surface area contributed by atoms with E-state index in [-0.39, 0.29) is 12.5 Å². The minimum absolute atomic E-state index is 0.0699. The quantitative estimate of drug-likeness (QED) is 0.607. The van der Waals surface area contributed by atoms with Crippen molar-refractivity contribution in [1.82, 2.24) is 19.7 Å². The van der Waals surface area contributed by atoms with Gasteiger partial charge in [-0.15, -0.1) is 0 Å². The molecule has 1 saturated heterocycles. The molecule has 0 saturated carbocycles. The molecular weight excluding hydrogens is 342 g/mol. The third-order valence-corrected chi connectivity index (χ3v) is 4.86. The highest BCUT2D eigenvalue weighted by Crippen LogP contribution is 2.28. The highest BCUT2D eigenvalue weighted by molar-refractivity contribution is 6.12. The first-order chi connectivity index (χ1) is 13.1. The molecular formula is C19H21N7O. The summed E-state index contributed by atoms with van der Waals surface area (Å²) in [6.07, 6.45) is 6.81. The number of amides is 1. The van der Waals surface area contributed by atoms with Crippen LogP contribution in [0.4, 0.5) is 5.82 Å². The van der Waals surface area contributed by atoms with Gasteiger partial charge in [0.15, 0.2) is 5.82 Å². The first kappa shape index (κ1) is 17.0. The maximum atomic E-state index is 12.4. The fraction of sp³-hybridized carbons (Fsp3) is 0.263. The molecule has 1 aliphatic rings. The van der Waals surface area contributed by atoms with Crippen LogP contribution in [0.1, 0.15) is 18.4 Å². The number of allylic oxidation sites excluding steroid dienone is 1. The minimum atomic E-state index is 0.0699. The van der Waals surface area contributed by atoms with Crippen molar-refractivity contribution < 1.29 is 4.79 Å². The van der Waals surface area contributed by atoms with Gasteiger partial charge in [0, 0.05) is 35.6 Å². The monoisotopic (exact) mass is 363 g/mol. The number of fused-ring (bicyclic) bond motifs is 3. The van der Waals surface area contributed by atoms with Crippen LogP contribution >= 0.6 is 0 Å². The van der Waals surface area contributed by atoms with Crippen LogP contribution in [-0.4, -0.2) is 44.4 Å². The Morgan fingerprint density at radius 3 is 2.78 bits per heavy atom. The van der Waals surface area contributed by atoms with Gasteiger partial charge in [0.2, 0.25) is 5.91 Å². The number of hydrogen-bond donors (Lipinski definition) is 3. The van der Waals surface area contributed by atoms with Gasteiger partial charge in [0.1, 0.15) is 12.1 Å². The Labute approximate surface area is 155 Å². The zero-order chi connectivity index (χ0) is 19.0. The molecule has 1 fully saturated rings. The number of nitrogens with two attached hydrogens (primary N) is 2. The number of benzene rings is 1. The SMILES string of the molecule is N=C(/C=C\N)c1ccc2c(c1)nc(N)c1nn(CC(=O)N3CCCC3)cc12. The molecule has 2 aromatic heterocycles. The van der Waals surface area contributed by atoms with Gasteiger partial charge in [0.05, 0.1) is 11.2 Å². The predicted octanol–water partition coefficient (Wildman–Crippen LogP) is 1.63. The molecule has 3 heterocycles. The van der Waals surface area contributed by atoms with E-state index in [0.717, 1.165) is 36.7 Å². The summed E-state index contributed by atoms with van der Waals surface area (Å²) in [4.78, 5) is 18.7. The number of likely N-dealkylation sites (tertiary alicyclic amines) is 1. The third kappa shape index (κ3) is 3.10. The van der Waals surface area contributed by atoms with E-state index < -0.39 is 0 Å². The van der Waals surface area contributed by atoms with E-state index in [1.165, 1.54) is 12.3 Å². The molecule has 3 aromatic rings. The van der Waals surface area contributed by atoms with Crippen LogP contribution in [-0.2, 0) is 11.3 Å². The summed E-state index contributed by atoms with van der Waals surface area (Å²) in [6, 6.07) is 5.54. The number of anilines is 1. The van der Waals surface area contributed by atoms with Gasteiger partial charge >= 0.3 is 0 Å². The number of aromatic nitrogens is 3. The second-order valence-electron chi connectivity index (χ2n) is 6.68. The standard InChI is InChI=1S/C19H21N7O/c20-6-5-15(21)12-3-4-13-14-10-26(11-17(27)25-7-1-2-8-25)24-18(14)19(22)23-16(13)9-12/h3-6,9-10,21H,1-2,7-8,11,20H2,(H2,22,23)/b6-5-,21-15?. The summed E-state index contributed by atoms with van der Waals surface area (Å²) >= 11 is 0. The highest BCUT2D eigenvalue weighted by atomic mass is 16.2. The molecule has 0 spiro atoms. The van der Waals surface area contributed by atoms with Crippen molar-refractivity contribution in [3.05, 3.63) is 42.2 Å². The first-order valence-corrected chi connectivity index (χ1v) is 8.88. The van der Waals surface area contributed by atoms with Crippen molar-refractivity contribution in [1.29, 1.82) is 5.41 Å². The Bertz CT molecular complexity index is 1080. The van der Waals surface area contributed by atoms with Crippen LogP contribution < -0.4 is 11.5 Å². The van der Waals surface area contributed by atoms with Gasteiger partial charge in [-0.25, -0.2) is 4.98 Å². The lowest BCUT2D eigenvalue weighted by Crippen LogP contribution is -2.31. The molecule has 0 aliphatic carbocycles. The molecule has 8 nitrogen and oxygen atoms in total. The molecule has 5 N–H and O–H groups in total. The lowest BCUT2D eigenvalue weighted by molar-refractivity contribution is -0.130. The zero-order valence-corrected chi connectivity index (χ0v) is 14.9. The normalized spacial score (nSPS) is 14.6. The van der Waals surface area contributed by atoms with Crippen molar-refractivity contribution in [2.24, 2.45) is 5.73 Å². The number of carbonyl (C=O) groups is 1. The van der Waals surface area contributed by atoms with E-state index in [0.29, 0.717) is 28.1 Å². The molecule has 4 rings (SSSR count). The summed E-state index contributed by atoms with van der Waals surface area (Å²) in [7, 11) is 0. The highest BCUT2D eigenvalue weighted by Gasteiger charge is 2.19. The molecule has 0 bridgehead atoms. The predicted molar refractivity (Wildman–Crippen MR) is 105 cm³/mol. The van der Waals surface area contributed by atoms with Crippen molar-refractivity contribution >= 4 is 39.2 Å². The van der Waals surface area contributed by atoms with E-state index in [2.05, 4.69) is 10.1 Å². The summed E-state index contributed by atoms with van der Waals surface area (Å²) in [6.45, 7) is 1.83. The summed E-state index contributed by atoms with van der Waals surface area (Å²) < 4.78 is 1.63. The van der Waals surface area contributed by atoms with Gasteiger partial charge < -0.3 is 21.8 Å². The maximum Gasteiger partial charge on any atom is 0.244 e. The van der Waals surface area contributed by atoms with Crippen LogP contribution in [0.2, 0.25) is 0 Å². The van der Waals surface area contributed by atoms with Crippen LogP contribution in [0, 0.1) is 5.41 Å². The summed E-state index contributed by atoms with van der Waals surface area (Å²) in [5.74, 6) is 0.378. The molecule has 8 heteroatoms. The van der Waals surface area contributed by atoms with E-state index in [4.69, 9.17) is 16.9 Å². The molecule has 27 heavy (non-hydrogen) atoms. The lowest BCUT2D eigenvalue weighted by atomic mass is 10.1. The molecule has 0 radical (unpaired) electrons.